The Morgan fingerprint density at radius 3 is 2.18 bits per heavy atom. The molecule has 1 aromatic rings. The summed E-state index contributed by atoms with van der Waals surface area (Å²) < 4.78 is 28.6. The Kier molecular flexibility index (Phi) is 2.60. The van der Waals surface area contributed by atoms with Gasteiger partial charge in [-0.1, -0.05) is 29.6 Å². The van der Waals surface area contributed by atoms with Crippen LogP contribution in [0.5, 0.6) is 0 Å². The zero-order chi connectivity index (χ0) is 12.2. The molecule has 0 aromatic carbocycles. The van der Waals surface area contributed by atoms with Crippen LogP contribution in [0.2, 0.25) is 10.3 Å². The standard InChI is InChI=1S/C12H11Cl2F2N/c13-9-4-6(5-10(14)17-9)12(15,16)11-7-2-1-3-8(7)11/h4-5,7-8,11H,1-3H2. The van der Waals surface area contributed by atoms with E-state index in [4.69, 9.17) is 23.2 Å². The number of alkyl halides is 2. The van der Waals surface area contributed by atoms with Crippen LogP contribution >= 0.6 is 23.2 Å². The smallest absolute Gasteiger partial charge is 0.224 e. The summed E-state index contributed by atoms with van der Waals surface area (Å²) in [5.74, 6) is -2.97. The number of hydrogen-bond acceptors (Lipinski definition) is 1. The molecule has 0 aliphatic heterocycles. The summed E-state index contributed by atoms with van der Waals surface area (Å²) in [6, 6.07) is 2.45. The van der Waals surface area contributed by atoms with Crippen LogP contribution in [0.15, 0.2) is 12.1 Å². The zero-order valence-electron chi connectivity index (χ0n) is 8.97. The molecule has 2 saturated carbocycles. The normalized spacial score (nSPS) is 31.4. The molecular weight excluding hydrogens is 267 g/mol. The lowest BCUT2D eigenvalue weighted by Crippen LogP contribution is -2.19. The Bertz CT molecular complexity index is 434. The molecule has 1 nitrogen and oxygen atoms in total. The molecular formula is C12H11Cl2F2N. The second-order valence-corrected chi connectivity index (χ2v) is 5.68. The first kappa shape index (κ1) is 11.7. The topological polar surface area (TPSA) is 12.9 Å². The van der Waals surface area contributed by atoms with E-state index in [1.54, 1.807) is 0 Å². The van der Waals surface area contributed by atoms with Crippen LogP contribution in [0.4, 0.5) is 8.78 Å². The molecule has 2 aliphatic rings. The average molecular weight is 278 g/mol. The summed E-state index contributed by atoms with van der Waals surface area (Å²) in [5.41, 5.74) is -0.0955. The van der Waals surface area contributed by atoms with E-state index in [-0.39, 0.29) is 27.7 Å². The first-order chi connectivity index (χ1) is 8.00. The van der Waals surface area contributed by atoms with Gasteiger partial charge >= 0.3 is 0 Å². The van der Waals surface area contributed by atoms with Crippen molar-refractivity contribution in [2.24, 2.45) is 17.8 Å². The number of hydrogen-bond donors (Lipinski definition) is 0. The molecule has 2 unspecified atom stereocenters. The lowest BCUT2D eigenvalue weighted by atomic mass is 9.99. The lowest BCUT2D eigenvalue weighted by Gasteiger charge is -2.19. The molecule has 0 N–H and O–H groups in total. The summed E-state index contributed by atoms with van der Waals surface area (Å²) in [4.78, 5) is 3.70. The highest BCUT2D eigenvalue weighted by Crippen LogP contribution is 2.66. The van der Waals surface area contributed by atoms with Crippen molar-refractivity contribution >= 4 is 23.2 Å². The quantitative estimate of drug-likeness (QED) is 0.724. The van der Waals surface area contributed by atoms with Gasteiger partial charge in [-0.3, -0.25) is 0 Å². The van der Waals surface area contributed by atoms with Gasteiger partial charge < -0.3 is 0 Å². The van der Waals surface area contributed by atoms with Crippen LogP contribution in [0.3, 0.4) is 0 Å². The van der Waals surface area contributed by atoms with Crippen molar-refractivity contribution < 1.29 is 8.78 Å². The van der Waals surface area contributed by atoms with E-state index in [0.717, 1.165) is 19.3 Å². The molecule has 0 radical (unpaired) electrons. The monoisotopic (exact) mass is 277 g/mol. The summed E-state index contributed by atoms with van der Waals surface area (Å²) >= 11 is 11.3. The largest absolute Gasteiger partial charge is 0.276 e. The maximum absolute atomic E-state index is 14.3. The minimum Gasteiger partial charge on any atom is -0.224 e. The first-order valence-corrected chi connectivity index (χ1v) is 6.47. The highest BCUT2D eigenvalue weighted by Gasteiger charge is 2.64. The van der Waals surface area contributed by atoms with E-state index in [1.807, 2.05) is 0 Å². The lowest BCUT2D eigenvalue weighted by molar-refractivity contribution is -0.0407. The molecule has 0 amide bonds. The van der Waals surface area contributed by atoms with Gasteiger partial charge in [0.05, 0.1) is 0 Å². The van der Waals surface area contributed by atoms with Crippen LogP contribution in [0, 0.1) is 17.8 Å². The van der Waals surface area contributed by atoms with Gasteiger partial charge in [0.1, 0.15) is 10.3 Å². The average Bonchev–Trinajstić information content (AvgIpc) is 2.74. The predicted octanol–water partition coefficient (Wildman–Crippen LogP) is 4.53. The maximum atomic E-state index is 14.3. The van der Waals surface area contributed by atoms with Gasteiger partial charge in [-0.15, -0.1) is 0 Å². The van der Waals surface area contributed by atoms with Crippen molar-refractivity contribution in [2.75, 3.05) is 0 Å². The Labute approximate surface area is 108 Å². The predicted molar refractivity (Wildman–Crippen MR) is 62.5 cm³/mol. The molecule has 5 heteroatoms. The van der Waals surface area contributed by atoms with Gasteiger partial charge in [0.25, 0.3) is 5.92 Å². The van der Waals surface area contributed by atoms with E-state index < -0.39 is 11.8 Å². The molecule has 92 valence electrons. The number of aromatic nitrogens is 1. The van der Waals surface area contributed by atoms with Gasteiger partial charge in [-0.25, -0.2) is 13.8 Å². The van der Waals surface area contributed by atoms with E-state index in [2.05, 4.69) is 4.98 Å². The summed E-state index contributed by atoms with van der Waals surface area (Å²) in [7, 11) is 0. The molecule has 0 bridgehead atoms. The van der Waals surface area contributed by atoms with Crippen molar-refractivity contribution in [3.05, 3.63) is 28.0 Å². The van der Waals surface area contributed by atoms with Gasteiger partial charge in [0.15, 0.2) is 0 Å². The molecule has 0 saturated heterocycles. The third kappa shape index (κ3) is 1.84. The van der Waals surface area contributed by atoms with Crippen molar-refractivity contribution in [1.29, 1.82) is 0 Å². The Morgan fingerprint density at radius 2 is 1.65 bits per heavy atom. The van der Waals surface area contributed by atoms with E-state index in [9.17, 15) is 8.78 Å². The first-order valence-electron chi connectivity index (χ1n) is 5.71. The summed E-state index contributed by atoms with van der Waals surface area (Å²) in [6.07, 6.45) is 2.94. The highest BCUT2D eigenvalue weighted by atomic mass is 35.5. The molecule has 2 fully saturated rings. The van der Waals surface area contributed by atoms with Gasteiger partial charge in [-0.05, 0) is 36.8 Å². The molecule has 0 spiro atoms. The van der Waals surface area contributed by atoms with Crippen LogP contribution in [-0.4, -0.2) is 4.98 Å². The molecule has 2 aliphatic carbocycles. The minimum absolute atomic E-state index is 0.0259. The molecule has 1 heterocycles. The molecule has 2 atom stereocenters. The highest BCUT2D eigenvalue weighted by molar-refractivity contribution is 6.32. The number of nitrogens with zero attached hydrogens (tertiary/aromatic N) is 1. The van der Waals surface area contributed by atoms with Crippen molar-refractivity contribution in [2.45, 2.75) is 25.2 Å². The van der Waals surface area contributed by atoms with Gasteiger partial charge in [0.2, 0.25) is 0 Å². The van der Waals surface area contributed by atoms with Crippen LogP contribution in [-0.2, 0) is 5.92 Å². The molecule has 1 aromatic heterocycles. The van der Waals surface area contributed by atoms with Crippen molar-refractivity contribution in [3.63, 3.8) is 0 Å². The number of halogens is 4. The zero-order valence-corrected chi connectivity index (χ0v) is 10.5. The number of rotatable bonds is 2. The summed E-state index contributed by atoms with van der Waals surface area (Å²) in [6.45, 7) is 0. The number of pyridine rings is 1. The third-order valence-corrected chi connectivity index (χ3v) is 4.36. The molecule has 17 heavy (non-hydrogen) atoms. The van der Waals surface area contributed by atoms with Gasteiger partial charge in [0, 0.05) is 11.5 Å². The second kappa shape index (κ2) is 3.79. The van der Waals surface area contributed by atoms with E-state index >= 15 is 0 Å². The fourth-order valence-electron chi connectivity index (χ4n) is 3.21. The SMILES string of the molecule is FC(F)(c1cc(Cl)nc(Cl)c1)C1C2CCCC21. The fraction of sp³-hybridized carbons (Fsp3) is 0.583. The Balaban J connectivity index is 1.91. The van der Waals surface area contributed by atoms with Crippen LogP contribution < -0.4 is 0 Å². The van der Waals surface area contributed by atoms with Crippen molar-refractivity contribution in [1.82, 2.24) is 4.98 Å². The minimum atomic E-state index is -2.83. The van der Waals surface area contributed by atoms with Gasteiger partial charge in [-0.2, -0.15) is 0 Å². The Morgan fingerprint density at radius 1 is 1.12 bits per heavy atom. The second-order valence-electron chi connectivity index (χ2n) is 4.91. The van der Waals surface area contributed by atoms with Crippen LogP contribution in [0.1, 0.15) is 24.8 Å². The summed E-state index contributed by atoms with van der Waals surface area (Å²) in [5, 5.41) is 0.0518. The van der Waals surface area contributed by atoms with Crippen LogP contribution in [0.25, 0.3) is 0 Å². The molecule has 3 rings (SSSR count). The van der Waals surface area contributed by atoms with E-state index in [0.29, 0.717) is 0 Å². The fourth-order valence-corrected chi connectivity index (χ4v) is 3.67. The third-order valence-electron chi connectivity index (χ3n) is 3.97. The number of fused-ring (bicyclic) bond motifs is 1. The van der Waals surface area contributed by atoms with E-state index in [1.165, 1.54) is 12.1 Å². The maximum Gasteiger partial charge on any atom is 0.276 e. The Hall–Kier alpha value is -0.410. The van der Waals surface area contributed by atoms with Crippen molar-refractivity contribution in [3.8, 4) is 0 Å².